The first kappa shape index (κ1) is 13.7. The monoisotopic (exact) mass is 281 g/mol. The third-order valence-corrected chi connectivity index (χ3v) is 4.34. The van der Waals surface area contributed by atoms with Crippen LogP contribution >= 0.6 is 11.6 Å². The Kier molecular flexibility index (Phi) is 2.76. The summed E-state index contributed by atoms with van der Waals surface area (Å²) in [6.45, 7) is 3.39. The highest BCUT2D eigenvalue weighted by atomic mass is 35.5. The van der Waals surface area contributed by atoms with Gasteiger partial charge in [-0.2, -0.15) is 18.3 Å². The number of hydrogen-bond donors (Lipinski definition) is 1. The summed E-state index contributed by atoms with van der Waals surface area (Å²) in [5.74, 6) is 0. The Bertz CT molecular complexity index is 486. The highest BCUT2D eigenvalue weighted by Gasteiger charge is 2.56. The highest BCUT2D eigenvalue weighted by molar-refractivity contribution is 6.30. The molecule has 0 bridgehead atoms. The average Bonchev–Trinajstić information content (AvgIpc) is 2.87. The first-order valence-electron chi connectivity index (χ1n) is 5.60. The SMILES string of the molecule is Cn1nc(C(F)(F)F)c(C(C)(C)C2(N)CC2)c1Cl. The van der Waals surface area contributed by atoms with Gasteiger partial charge in [0, 0.05) is 23.6 Å². The lowest BCUT2D eigenvalue weighted by Crippen LogP contribution is -2.44. The maximum Gasteiger partial charge on any atom is 0.435 e. The zero-order valence-electron chi connectivity index (χ0n) is 10.4. The van der Waals surface area contributed by atoms with Gasteiger partial charge in [-0.3, -0.25) is 4.68 Å². The predicted octanol–water partition coefficient (Wildman–Crippen LogP) is 2.86. The maximum atomic E-state index is 13.0. The fraction of sp³-hybridized carbons (Fsp3) is 0.727. The van der Waals surface area contributed by atoms with Gasteiger partial charge in [-0.05, 0) is 12.8 Å². The van der Waals surface area contributed by atoms with Gasteiger partial charge in [-0.1, -0.05) is 25.4 Å². The van der Waals surface area contributed by atoms with Crippen molar-refractivity contribution in [3.63, 3.8) is 0 Å². The Balaban J connectivity index is 2.63. The van der Waals surface area contributed by atoms with Crippen LogP contribution in [0.5, 0.6) is 0 Å². The number of nitrogens with two attached hydrogens (primary N) is 1. The van der Waals surface area contributed by atoms with Crippen LogP contribution in [-0.4, -0.2) is 15.3 Å². The minimum Gasteiger partial charge on any atom is -0.324 e. The molecule has 1 heterocycles. The molecule has 0 radical (unpaired) electrons. The van der Waals surface area contributed by atoms with Crippen LogP contribution in [0.3, 0.4) is 0 Å². The number of halogens is 4. The molecule has 3 nitrogen and oxygen atoms in total. The first-order chi connectivity index (χ1) is 8.01. The van der Waals surface area contributed by atoms with E-state index in [4.69, 9.17) is 17.3 Å². The lowest BCUT2D eigenvalue weighted by molar-refractivity contribution is -0.142. The van der Waals surface area contributed by atoms with Crippen molar-refractivity contribution in [3.8, 4) is 0 Å². The topological polar surface area (TPSA) is 43.8 Å². The molecule has 1 fully saturated rings. The van der Waals surface area contributed by atoms with Crippen LogP contribution in [0.1, 0.15) is 37.9 Å². The van der Waals surface area contributed by atoms with Gasteiger partial charge < -0.3 is 5.73 Å². The zero-order chi connectivity index (χ0) is 13.9. The fourth-order valence-corrected chi connectivity index (χ4v) is 2.63. The van der Waals surface area contributed by atoms with Crippen LogP contribution in [0.4, 0.5) is 13.2 Å². The van der Waals surface area contributed by atoms with E-state index in [-0.39, 0.29) is 10.7 Å². The van der Waals surface area contributed by atoms with Crippen LogP contribution in [-0.2, 0) is 18.6 Å². The summed E-state index contributed by atoms with van der Waals surface area (Å²) >= 11 is 5.98. The van der Waals surface area contributed by atoms with E-state index in [0.717, 1.165) is 4.68 Å². The fourth-order valence-electron chi connectivity index (χ4n) is 2.26. The van der Waals surface area contributed by atoms with Crippen molar-refractivity contribution >= 4 is 11.6 Å². The van der Waals surface area contributed by atoms with Crippen molar-refractivity contribution in [1.29, 1.82) is 0 Å². The third kappa shape index (κ3) is 1.82. The van der Waals surface area contributed by atoms with Crippen LogP contribution in [0, 0.1) is 0 Å². The largest absolute Gasteiger partial charge is 0.435 e. The Hall–Kier alpha value is -0.750. The molecule has 18 heavy (non-hydrogen) atoms. The molecule has 1 aromatic heterocycles. The summed E-state index contributed by atoms with van der Waals surface area (Å²) in [5, 5.41) is 3.50. The number of rotatable bonds is 2. The predicted molar refractivity (Wildman–Crippen MR) is 62.4 cm³/mol. The zero-order valence-corrected chi connectivity index (χ0v) is 11.2. The molecule has 1 aliphatic rings. The molecule has 0 spiro atoms. The number of alkyl halides is 3. The second-order valence-electron chi connectivity index (χ2n) is 5.42. The van der Waals surface area contributed by atoms with Gasteiger partial charge in [0.1, 0.15) is 5.15 Å². The summed E-state index contributed by atoms with van der Waals surface area (Å²) in [6, 6.07) is 0. The van der Waals surface area contributed by atoms with Gasteiger partial charge in [-0.15, -0.1) is 0 Å². The standard InChI is InChI=1S/C11H15ClF3N3/c1-9(2,10(16)4-5-10)6-7(11(13,14)15)17-18(3)8(6)12/h4-5,16H2,1-3H3. The maximum absolute atomic E-state index is 13.0. The van der Waals surface area contributed by atoms with E-state index >= 15 is 0 Å². The third-order valence-electron chi connectivity index (χ3n) is 3.90. The summed E-state index contributed by atoms with van der Waals surface area (Å²) in [7, 11) is 1.40. The van der Waals surface area contributed by atoms with Crippen LogP contribution in [0.25, 0.3) is 0 Å². The van der Waals surface area contributed by atoms with E-state index in [0.29, 0.717) is 12.8 Å². The summed E-state index contributed by atoms with van der Waals surface area (Å²) in [5.41, 5.74) is 3.67. The lowest BCUT2D eigenvalue weighted by atomic mass is 9.76. The van der Waals surface area contributed by atoms with E-state index < -0.39 is 22.8 Å². The molecule has 0 aliphatic heterocycles. The van der Waals surface area contributed by atoms with E-state index in [1.165, 1.54) is 7.05 Å². The molecule has 0 amide bonds. The molecule has 1 aromatic rings. The molecule has 2 rings (SSSR count). The highest BCUT2D eigenvalue weighted by Crippen LogP contribution is 2.53. The second kappa shape index (κ2) is 3.63. The van der Waals surface area contributed by atoms with E-state index in [1.807, 2.05) is 0 Å². The van der Waals surface area contributed by atoms with Gasteiger partial charge in [-0.25, -0.2) is 0 Å². The summed E-state index contributed by atoms with van der Waals surface area (Å²) in [4.78, 5) is 0. The van der Waals surface area contributed by atoms with Gasteiger partial charge in [0.15, 0.2) is 5.69 Å². The molecular formula is C11H15ClF3N3. The molecule has 2 N–H and O–H groups in total. The van der Waals surface area contributed by atoms with Crippen LogP contribution < -0.4 is 5.73 Å². The van der Waals surface area contributed by atoms with E-state index in [1.54, 1.807) is 13.8 Å². The summed E-state index contributed by atoms with van der Waals surface area (Å²) < 4.78 is 40.1. The molecule has 0 unspecified atom stereocenters. The minimum atomic E-state index is -4.53. The second-order valence-corrected chi connectivity index (χ2v) is 5.77. The smallest absolute Gasteiger partial charge is 0.324 e. The van der Waals surface area contributed by atoms with Crippen molar-refractivity contribution in [2.45, 2.75) is 43.8 Å². The number of aryl methyl sites for hydroxylation is 1. The Morgan fingerprint density at radius 3 is 2.22 bits per heavy atom. The molecule has 102 valence electrons. The van der Waals surface area contributed by atoms with Crippen LogP contribution in [0.15, 0.2) is 0 Å². The number of hydrogen-bond acceptors (Lipinski definition) is 2. The molecule has 0 aromatic carbocycles. The van der Waals surface area contributed by atoms with Gasteiger partial charge in [0.05, 0.1) is 0 Å². The Labute approximate surface area is 108 Å². The van der Waals surface area contributed by atoms with Crippen molar-refractivity contribution in [2.75, 3.05) is 0 Å². The molecule has 0 atom stereocenters. The van der Waals surface area contributed by atoms with Crippen molar-refractivity contribution in [2.24, 2.45) is 12.8 Å². The molecule has 1 saturated carbocycles. The molecular weight excluding hydrogens is 267 g/mol. The quantitative estimate of drug-likeness (QED) is 0.906. The minimum absolute atomic E-state index is 0.000772. The molecule has 0 saturated heterocycles. The number of aromatic nitrogens is 2. The van der Waals surface area contributed by atoms with Crippen molar-refractivity contribution in [1.82, 2.24) is 9.78 Å². The molecule has 7 heteroatoms. The normalized spacial score (nSPS) is 19.1. The van der Waals surface area contributed by atoms with Gasteiger partial charge in [0.25, 0.3) is 0 Å². The average molecular weight is 282 g/mol. The van der Waals surface area contributed by atoms with E-state index in [2.05, 4.69) is 5.10 Å². The van der Waals surface area contributed by atoms with Crippen LogP contribution in [0.2, 0.25) is 5.15 Å². The lowest BCUT2D eigenvalue weighted by Gasteiger charge is -2.32. The van der Waals surface area contributed by atoms with Gasteiger partial charge >= 0.3 is 6.18 Å². The Morgan fingerprint density at radius 1 is 1.33 bits per heavy atom. The summed E-state index contributed by atoms with van der Waals surface area (Å²) in [6.07, 6.45) is -3.13. The van der Waals surface area contributed by atoms with E-state index in [9.17, 15) is 13.2 Å². The van der Waals surface area contributed by atoms with Crippen molar-refractivity contribution in [3.05, 3.63) is 16.4 Å². The number of nitrogens with zero attached hydrogens (tertiary/aromatic N) is 2. The van der Waals surface area contributed by atoms with Crippen molar-refractivity contribution < 1.29 is 13.2 Å². The molecule has 1 aliphatic carbocycles. The first-order valence-corrected chi connectivity index (χ1v) is 5.97. The van der Waals surface area contributed by atoms with Gasteiger partial charge in [0.2, 0.25) is 0 Å². The Morgan fingerprint density at radius 2 is 1.83 bits per heavy atom.